The van der Waals surface area contributed by atoms with Gasteiger partial charge in [-0.15, -0.1) is 0 Å². The van der Waals surface area contributed by atoms with E-state index in [1.54, 1.807) is 0 Å². The second kappa shape index (κ2) is 5.92. The summed E-state index contributed by atoms with van der Waals surface area (Å²) in [6.45, 7) is 4.48. The number of fused-ring (bicyclic) bond motifs is 3. The standard InChI is InChI=1S/C20H26N2O3S/c1-19(2)15-7-9-20(19,18(23)11-15)13-26(24,25)22-10-8-14-12-21-17-6-4-3-5-16(14)17/h3-6,12,15,21-22H,7-11,13H2,1-2H3/t15-,20+/m1/s1. The number of nitrogens with one attached hydrogen (secondary N) is 2. The van der Waals surface area contributed by atoms with Gasteiger partial charge in [0.1, 0.15) is 5.78 Å². The molecular weight excluding hydrogens is 348 g/mol. The highest BCUT2D eigenvalue weighted by atomic mass is 32.2. The molecule has 2 fully saturated rings. The summed E-state index contributed by atoms with van der Waals surface area (Å²) < 4.78 is 28.2. The zero-order chi connectivity index (χ0) is 18.6. The fourth-order valence-corrected chi connectivity index (χ4v) is 7.00. The van der Waals surface area contributed by atoms with Gasteiger partial charge in [-0.25, -0.2) is 13.1 Å². The van der Waals surface area contributed by atoms with Crippen molar-refractivity contribution in [2.45, 2.75) is 39.5 Å². The number of sulfonamides is 1. The van der Waals surface area contributed by atoms with E-state index in [9.17, 15) is 13.2 Å². The van der Waals surface area contributed by atoms with Crippen LogP contribution in [0.3, 0.4) is 0 Å². The van der Waals surface area contributed by atoms with E-state index in [-0.39, 0.29) is 17.0 Å². The lowest BCUT2D eigenvalue weighted by atomic mass is 9.70. The molecule has 140 valence electrons. The number of ketones is 1. The zero-order valence-electron chi connectivity index (χ0n) is 15.3. The molecule has 0 unspecified atom stereocenters. The van der Waals surface area contributed by atoms with Crippen LogP contribution in [0.25, 0.3) is 10.9 Å². The first-order valence-electron chi connectivity index (χ1n) is 9.31. The second-order valence-corrected chi connectivity index (χ2v) is 10.2. The first kappa shape index (κ1) is 17.7. The smallest absolute Gasteiger partial charge is 0.212 e. The molecule has 0 saturated heterocycles. The van der Waals surface area contributed by atoms with E-state index in [4.69, 9.17) is 0 Å². The van der Waals surface area contributed by atoms with Gasteiger partial charge in [0, 0.05) is 35.5 Å². The normalized spacial score (nSPS) is 27.5. The first-order valence-corrected chi connectivity index (χ1v) is 11.0. The van der Waals surface area contributed by atoms with Gasteiger partial charge >= 0.3 is 0 Å². The number of para-hydroxylation sites is 1. The van der Waals surface area contributed by atoms with Crippen LogP contribution in [0.5, 0.6) is 0 Å². The summed E-state index contributed by atoms with van der Waals surface area (Å²) in [6.07, 6.45) is 4.76. The number of Topliss-reactive ketones (excluding diaryl/α,β-unsaturated/α-hetero) is 1. The predicted molar refractivity (Wildman–Crippen MR) is 102 cm³/mol. The fourth-order valence-electron chi connectivity index (χ4n) is 5.16. The Morgan fingerprint density at radius 1 is 1.27 bits per heavy atom. The number of benzene rings is 1. The highest BCUT2D eigenvalue weighted by Crippen LogP contribution is 2.64. The van der Waals surface area contributed by atoms with Gasteiger partial charge in [0.15, 0.2) is 0 Å². The Labute approximate surface area is 154 Å². The molecule has 2 atom stereocenters. The van der Waals surface area contributed by atoms with Crippen LogP contribution in [0.15, 0.2) is 30.5 Å². The molecule has 0 spiro atoms. The minimum absolute atomic E-state index is 0.0732. The van der Waals surface area contributed by atoms with Crippen molar-refractivity contribution in [2.24, 2.45) is 16.7 Å². The van der Waals surface area contributed by atoms with Crippen LogP contribution in [-0.2, 0) is 21.2 Å². The molecule has 0 amide bonds. The molecule has 2 aliphatic carbocycles. The summed E-state index contributed by atoms with van der Waals surface area (Å²) in [5.41, 5.74) is 1.22. The molecule has 1 heterocycles. The molecule has 0 aliphatic heterocycles. The van der Waals surface area contributed by atoms with E-state index in [1.165, 1.54) is 0 Å². The summed E-state index contributed by atoms with van der Waals surface area (Å²) in [6, 6.07) is 7.99. The number of carbonyl (C=O) groups is 1. The SMILES string of the molecule is CC1(C)[C@@H]2CC[C@]1(CS(=O)(=O)NCCc1c[nH]c3ccccc13)C(=O)C2. The largest absolute Gasteiger partial charge is 0.361 e. The van der Waals surface area contributed by atoms with Gasteiger partial charge in [-0.2, -0.15) is 0 Å². The van der Waals surface area contributed by atoms with Crippen LogP contribution in [0.4, 0.5) is 0 Å². The minimum Gasteiger partial charge on any atom is -0.361 e. The zero-order valence-corrected chi connectivity index (χ0v) is 16.2. The van der Waals surface area contributed by atoms with Crippen LogP contribution >= 0.6 is 0 Å². The van der Waals surface area contributed by atoms with Crippen molar-refractivity contribution in [1.82, 2.24) is 9.71 Å². The lowest BCUT2D eigenvalue weighted by Crippen LogP contribution is -2.45. The monoisotopic (exact) mass is 374 g/mol. The van der Waals surface area contributed by atoms with Crippen molar-refractivity contribution in [3.63, 3.8) is 0 Å². The van der Waals surface area contributed by atoms with E-state index in [0.29, 0.717) is 31.7 Å². The quantitative estimate of drug-likeness (QED) is 0.816. The average Bonchev–Trinajstić information content (AvgIpc) is 3.14. The molecule has 5 nitrogen and oxygen atoms in total. The number of hydrogen-bond acceptors (Lipinski definition) is 3. The summed E-state index contributed by atoms with van der Waals surface area (Å²) in [7, 11) is -3.50. The van der Waals surface area contributed by atoms with Crippen molar-refractivity contribution in [1.29, 1.82) is 0 Å². The summed E-state index contributed by atoms with van der Waals surface area (Å²) in [5.74, 6) is 0.396. The lowest BCUT2D eigenvalue weighted by molar-refractivity contribution is -0.128. The van der Waals surface area contributed by atoms with Gasteiger partial charge in [-0.05, 0) is 42.2 Å². The number of hydrogen-bond donors (Lipinski definition) is 2. The van der Waals surface area contributed by atoms with Crippen molar-refractivity contribution in [2.75, 3.05) is 12.3 Å². The number of aromatic amines is 1. The van der Waals surface area contributed by atoms with Crippen LogP contribution < -0.4 is 4.72 Å². The van der Waals surface area contributed by atoms with E-state index >= 15 is 0 Å². The molecule has 2 bridgehead atoms. The van der Waals surface area contributed by atoms with Gasteiger partial charge in [-0.1, -0.05) is 32.0 Å². The minimum atomic E-state index is -3.50. The Balaban J connectivity index is 1.44. The van der Waals surface area contributed by atoms with Crippen molar-refractivity contribution in [3.8, 4) is 0 Å². The average molecular weight is 375 g/mol. The maximum atomic E-state index is 12.7. The summed E-state index contributed by atoms with van der Waals surface area (Å²) in [5, 5.41) is 1.12. The predicted octanol–water partition coefficient (Wildman–Crippen LogP) is 3.03. The van der Waals surface area contributed by atoms with Crippen LogP contribution in [0.1, 0.15) is 38.7 Å². The number of carbonyl (C=O) groups excluding carboxylic acids is 1. The molecule has 1 aromatic heterocycles. The number of aromatic nitrogens is 1. The number of H-pyrrole nitrogens is 1. The molecule has 4 rings (SSSR count). The van der Waals surface area contributed by atoms with E-state index in [0.717, 1.165) is 22.9 Å². The molecule has 1 aromatic carbocycles. The van der Waals surface area contributed by atoms with Crippen LogP contribution in [-0.4, -0.2) is 31.5 Å². The molecule has 2 N–H and O–H groups in total. The molecule has 26 heavy (non-hydrogen) atoms. The van der Waals surface area contributed by atoms with Crippen LogP contribution in [0.2, 0.25) is 0 Å². The van der Waals surface area contributed by atoms with Crippen molar-refractivity contribution < 1.29 is 13.2 Å². The summed E-state index contributed by atoms with van der Waals surface area (Å²) in [4.78, 5) is 15.8. The topological polar surface area (TPSA) is 79.0 Å². The fraction of sp³-hybridized carbons (Fsp3) is 0.550. The number of rotatable bonds is 6. The highest BCUT2D eigenvalue weighted by Gasteiger charge is 2.65. The molecule has 0 radical (unpaired) electrons. The first-order chi connectivity index (χ1) is 12.3. The third kappa shape index (κ3) is 2.62. The third-order valence-electron chi connectivity index (χ3n) is 6.97. The van der Waals surface area contributed by atoms with E-state index < -0.39 is 15.4 Å². The van der Waals surface area contributed by atoms with E-state index in [1.807, 2.05) is 30.5 Å². The Morgan fingerprint density at radius 2 is 2.04 bits per heavy atom. The molecular formula is C20H26N2O3S. The van der Waals surface area contributed by atoms with Gasteiger partial charge < -0.3 is 4.98 Å². The van der Waals surface area contributed by atoms with E-state index in [2.05, 4.69) is 23.6 Å². The molecule has 2 aromatic rings. The Bertz CT molecular complexity index is 960. The Hall–Kier alpha value is -1.66. The maximum Gasteiger partial charge on any atom is 0.212 e. The van der Waals surface area contributed by atoms with Gasteiger partial charge in [0.05, 0.1) is 5.75 Å². The van der Waals surface area contributed by atoms with Crippen molar-refractivity contribution >= 4 is 26.7 Å². The van der Waals surface area contributed by atoms with Gasteiger partial charge in [0.2, 0.25) is 10.0 Å². The molecule has 6 heteroatoms. The highest BCUT2D eigenvalue weighted by molar-refractivity contribution is 7.89. The maximum absolute atomic E-state index is 12.7. The molecule has 2 saturated carbocycles. The van der Waals surface area contributed by atoms with Crippen LogP contribution in [0, 0.1) is 16.7 Å². The Kier molecular flexibility index (Phi) is 4.04. The molecule has 2 aliphatic rings. The summed E-state index contributed by atoms with van der Waals surface area (Å²) >= 11 is 0. The lowest BCUT2D eigenvalue weighted by Gasteiger charge is -2.36. The third-order valence-corrected chi connectivity index (χ3v) is 8.48. The van der Waals surface area contributed by atoms with Gasteiger partial charge in [-0.3, -0.25) is 4.79 Å². The Morgan fingerprint density at radius 3 is 2.73 bits per heavy atom. The van der Waals surface area contributed by atoms with Crippen molar-refractivity contribution in [3.05, 3.63) is 36.0 Å². The second-order valence-electron chi connectivity index (χ2n) is 8.43. The van der Waals surface area contributed by atoms with Gasteiger partial charge in [0.25, 0.3) is 0 Å².